The summed E-state index contributed by atoms with van der Waals surface area (Å²) in [5.41, 5.74) is -0.381. The number of ether oxygens (including phenoxy) is 2. The largest absolute Gasteiger partial charge is 0.497 e. The van der Waals surface area contributed by atoms with Crippen LogP contribution in [0.3, 0.4) is 0 Å². The van der Waals surface area contributed by atoms with Gasteiger partial charge in [0, 0.05) is 6.54 Å². The van der Waals surface area contributed by atoms with E-state index in [0.29, 0.717) is 6.54 Å². The highest BCUT2D eigenvalue weighted by Crippen LogP contribution is 2.13. The number of hydrogen-bond donors (Lipinski definition) is 1. The third-order valence-corrected chi connectivity index (χ3v) is 2.74. The average molecular weight is 255 g/mol. The maximum atomic E-state index is 12.9. The Bertz CT molecular complexity index is 394. The summed E-state index contributed by atoms with van der Waals surface area (Å²) in [6.07, 6.45) is 0. The Labute approximate surface area is 106 Å². The molecule has 1 aromatic carbocycles. The van der Waals surface area contributed by atoms with Crippen LogP contribution in [0, 0.1) is 0 Å². The number of benzene rings is 1. The van der Waals surface area contributed by atoms with Crippen LogP contribution in [-0.4, -0.2) is 32.4 Å². The predicted octanol–water partition coefficient (Wildman–Crippen LogP) is 1.69. The summed E-state index contributed by atoms with van der Waals surface area (Å²) >= 11 is 0. The van der Waals surface area contributed by atoms with E-state index in [9.17, 15) is 9.18 Å². The van der Waals surface area contributed by atoms with Gasteiger partial charge in [0.2, 0.25) is 0 Å². The van der Waals surface area contributed by atoms with Crippen molar-refractivity contribution >= 4 is 5.97 Å². The molecule has 4 nitrogen and oxygen atoms in total. The van der Waals surface area contributed by atoms with E-state index in [-0.39, 0.29) is 0 Å². The van der Waals surface area contributed by atoms with Crippen molar-refractivity contribution in [1.82, 2.24) is 5.32 Å². The second-order valence-electron chi connectivity index (χ2n) is 4.16. The maximum Gasteiger partial charge on any atom is 0.328 e. The zero-order valence-corrected chi connectivity index (χ0v) is 10.8. The number of nitrogens with one attached hydrogen (secondary N) is 1. The fraction of sp³-hybridized carbons (Fsp3) is 0.462. The van der Waals surface area contributed by atoms with E-state index in [2.05, 4.69) is 10.1 Å². The fourth-order valence-corrected chi connectivity index (χ4v) is 1.44. The second-order valence-corrected chi connectivity index (χ2v) is 4.16. The molecule has 18 heavy (non-hydrogen) atoms. The number of alkyl halides is 1. The van der Waals surface area contributed by atoms with Gasteiger partial charge in [-0.05, 0) is 24.6 Å². The first-order valence-electron chi connectivity index (χ1n) is 5.58. The lowest BCUT2D eigenvalue weighted by Gasteiger charge is -2.24. The summed E-state index contributed by atoms with van der Waals surface area (Å²) in [5, 5.41) is 2.86. The minimum atomic E-state index is -1.31. The number of rotatable bonds is 6. The summed E-state index contributed by atoms with van der Waals surface area (Å²) < 4.78 is 22.5. The van der Waals surface area contributed by atoms with E-state index in [1.807, 2.05) is 24.3 Å². The van der Waals surface area contributed by atoms with Crippen LogP contribution in [0.1, 0.15) is 12.5 Å². The second kappa shape index (κ2) is 6.35. The smallest absolute Gasteiger partial charge is 0.328 e. The van der Waals surface area contributed by atoms with Crippen LogP contribution in [0.25, 0.3) is 0 Å². The van der Waals surface area contributed by atoms with Gasteiger partial charge in [-0.15, -0.1) is 0 Å². The Morgan fingerprint density at radius 3 is 2.39 bits per heavy atom. The maximum absolute atomic E-state index is 12.9. The van der Waals surface area contributed by atoms with Crippen molar-refractivity contribution in [3.63, 3.8) is 0 Å². The lowest BCUT2D eigenvalue weighted by Crippen LogP contribution is -2.51. The SMILES string of the molecule is COC(=O)[C@@](C)(CF)NCc1ccc(OC)cc1. The number of esters is 1. The minimum Gasteiger partial charge on any atom is -0.497 e. The summed E-state index contributed by atoms with van der Waals surface area (Å²) in [4.78, 5) is 11.4. The Balaban J connectivity index is 2.64. The van der Waals surface area contributed by atoms with Crippen LogP contribution in [0.15, 0.2) is 24.3 Å². The Morgan fingerprint density at radius 1 is 1.33 bits per heavy atom. The van der Waals surface area contributed by atoms with Gasteiger partial charge in [-0.3, -0.25) is 5.32 Å². The van der Waals surface area contributed by atoms with Gasteiger partial charge in [-0.25, -0.2) is 9.18 Å². The number of hydrogen-bond acceptors (Lipinski definition) is 4. The zero-order valence-electron chi connectivity index (χ0n) is 10.8. The standard InChI is InChI=1S/C13H18FNO3/c1-13(9-14,12(16)18-3)15-8-10-4-6-11(17-2)7-5-10/h4-7,15H,8-9H2,1-3H3/t13-/m1/s1. The highest BCUT2D eigenvalue weighted by Gasteiger charge is 2.33. The summed E-state index contributed by atoms with van der Waals surface area (Å²) in [7, 11) is 2.83. The van der Waals surface area contributed by atoms with Gasteiger partial charge in [-0.2, -0.15) is 0 Å². The van der Waals surface area contributed by atoms with Gasteiger partial charge >= 0.3 is 5.97 Å². The van der Waals surface area contributed by atoms with Crippen molar-refractivity contribution in [2.24, 2.45) is 0 Å². The van der Waals surface area contributed by atoms with E-state index < -0.39 is 18.2 Å². The predicted molar refractivity (Wildman–Crippen MR) is 66.2 cm³/mol. The molecule has 0 bridgehead atoms. The van der Waals surface area contributed by atoms with Crippen LogP contribution < -0.4 is 10.1 Å². The quantitative estimate of drug-likeness (QED) is 0.786. The first-order valence-corrected chi connectivity index (χ1v) is 5.58. The molecule has 0 fully saturated rings. The van der Waals surface area contributed by atoms with Crippen molar-refractivity contribution < 1.29 is 18.7 Å². The van der Waals surface area contributed by atoms with Crippen molar-refractivity contribution in [1.29, 1.82) is 0 Å². The molecule has 0 unspecified atom stereocenters. The molecule has 0 saturated heterocycles. The molecule has 1 atom stereocenters. The molecule has 0 radical (unpaired) electrons. The van der Waals surface area contributed by atoms with Gasteiger partial charge in [0.1, 0.15) is 18.0 Å². The zero-order chi connectivity index (χ0) is 13.6. The molecular weight excluding hydrogens is 237 g/mol. The third-order valence-electron chi connectivity index (χ3n) is 2.74. The molecule has 5 heteroatoms. The Morgan fingerprint density at radius 2 is 1.94 bits per heavy atom. The van der Waals surface area contributed by atoms with Gasteiger partial charge in [-0.1, -0.05) is 12.1 Å². The molecule has 0 aliphatic heterocycles. The Kier molecular flexibility index (Phi) is 5.09. The highest BCUT2D eigenvalue weighted by molar-refractivity contribution is 5.80. The van der Waals surface area contributed by atoms with E-state index >= 15 is 0 Å². The third kappa shape index (κ3) is 3.43. The number of carbonyl (C=O) groups excluding carboxylic acids is 1. The van der Waals surface area contributed by atoms with Gasteiger partial charge < -0.3 is 9.47 Å². The number of halogens is 1. The first kappa shape index (κ1) is 14.4. The monoisotopic (exact) mass is 255 g/mol. The van der Waals surface area contributed by atoms with E-state index in [1.165, 1.54) is 14.0 Å². The lowest BCUT2D eigenvalue weighted by molar-refractivity contribution is -0.148. The van der Waals surface area contributed by atoms with E-state index in [4.69, 9.17) is 4.74 Å². The Hall–Kier alpha value is -1.62. The topological polar surface area (TPSA) is 47.6 Å². The molecule has 0 aliphatic carbocycles. The summed E-state index contributed by atoms with van der Waals surface area (Å²) in [5.74, 6) is 0.137. The van der Waals surface area contributed by atoms with Gasteiger partial charge in [0.15, 0.2) is 0 Å². The molecule has 0 saturated carbocycles. The number of carbonyl (C=O) groups is 1. The molecule has 0 spiro atoms. The fourth-order valence-electron chi connectivity index (χ4n) is 1.44. The van der Waals surface area contributed by atoms with Crippen molar-refractivity contribution in [2.45, 2.75) is 19.0 Å². The van der Waals surface area contributed by atoms with Crippen LogP contribution in [0.4, 0.5) is 4.39 Å². The van der Waals surface area contributed by atoms with Crippen LogP contribution in [0.5, 0.6) is 5.75 Å². The summed E-state index contributed by atoms with van der Waals surface area (Å²) in [6.45, 7) is 1.03. The molecule has 0 heterocycles. The average Bonchev–Trinajstić information content (AvgIpc) is 2.44. The molecule has 0 aromatic heterocycles. The van der Waals surface area contributed by atoms with Crippen molar-refractivity contribution in [3.8, 4) is 5.75 Å². The summed E-state index contributed by atoms with van der Waals surface area (Å²) in [6, 6.07) is 7.31. The minimum absolute atomic E-state index is 0.375. The van der Waals surface area contributed by atoms with Crippen LogP contribution in [-0.2, 0) is 16.1 Å². The molecule has 1 N–H and O–H groups in total. The first-order chi connectivity index (χ1) is 8.55. The van der Waals surface area contributed by atoms with Crippen LogP contribution in [0.2, 0.25) is 0 Å². The van der Waals surface area contributed by atoms with Gasteiger partial charge in [0.05, 0.1) is 14.2 Å². The molecule has 0 aliphatic rings. The van der Waals surface area contributed by atoms with Crippen LogP contribution >= 0.6 is 0 Å². The highest BCUT2D eigenvalue weighted by atomic mass is 19.1. The molecule has 100 valence electrons. The number of methoxy groups -OCH3 is 2. The van der Waals surface area contributed by atoms with E-state index in [0.717, 1.165) is 11.3 Å². The van der Waals surface area contributed by atoms with Gasteiger partial charge in [0.25, 0.3) is 0 Å². The molecule has 0 amide bonds. The molecule has 1 aromatic rings. The van der Waals surface area contributed by atoms with E-state index in [1.54, 1.807) is 7.11 Å². The molecule has 1 rings (SSSR count). The lowest BCUT2D eigenvalue weighted by atomic mass is 10.0. The normalized spacial score (nSPS) is 13.8. The molecular formula is C13H18FNO3. The van der Waals surface area contributed by atoms with Crippen molar-refractivity contribution in [3.05, 3.63) is 29.8 Å². The van der Waals surface area contributed by atoms with Crippen molar-refractivity contribution in [2.75, 3.05) is 20.9 Å².